The molecule has 1 amide bonds. The van der Waals surface area contributed by atoms with Crippen molar-refractivity contribution in [3.05, 3.63) is 48.6 Å². The maximum Gasteiger partial charge on any atom is 0.306 e. The molecule has 0 heterocycles. The van der Waals surface area contributed by atoms with Gasteiger partial charge in [0.15, 0.2) is 0 Å². The normalized spacial score (nSPS) is 13.6. The smallest absolute Gasteiger partial charge is 0.306 e. The van der Waals surface area contributed by atoms with Crippen molar-refractivity contribution in [1.82, 2.24) is 5.32 Å². The average molecular weight is 828 g/mol. The molecule has 0 aromatic heterocycles. The zero-order valence-corrected chi connectivity index (χ0v) is 39.1. The lowest BCUT2D eigenvalue weighted by molar-refractivity contribution is -0.151. The molecule has 3 unspecified atom stereocenters. The van der Waals surface area contributed by atoms with Gasteiger partial charge in [0.05, 0.1) is 25.2 Å². The number of ether oxygens (including phenoxy) is 1. The number of esters is 1. The molecule has 0 aliphatic heterocycles. The van der Waals surface area contributed by atoms with Crippen LogP contribution in [-0.4, -0.2) is 46.9 Å². The fourth-order valence-corrected chi connectivity index (χ4v) is 7.60. The summed E-state index contributed by atoms with van der Waals surface area (Å²) >= 11 is 0. The Morgan fingerprint density at radius 1 is 0.508 bits per heavy atom. The first kappa shape index (κ1) is 56.8. The molecule has 3 atom stereocenters. The second kappa shape index (κ2) is 46.9. The van der Waals surface area contributed by atoms with Crippen LogP contribution in [0.2, 0.25) is 0 Å². The first-order valence-electron chi connectivity index (χ1n) is 25.4. The van der Waals surface area contributed by atoms with Crippen molar-refractivity contribution in [3.8, 4) is 0 Å². The van der Waals surface area contributed by atoms with Gasteiger partial charge in [-0.3, -0.25) is 9.59 Å². The molecule has 0 saturated carbocycles. The van der Waals surface area contributed by atoms with Crippen molar-refractivity contribution >= 4 is 11.9 Å². The van der Waals surface area contributed by atoms with Crippen LogP contribution in [-0.2, 0) is 14.3 Å². The van der Waals surface area contributed by atoms with Crippen molar-refractivity contribution in [2.45, 2.75) is 270 Å². The third-order valence-corrected chi connectivity index (χ3v) is 11.5. The van der Waals surface area contributed by atoms with Crippen molar-refractivity contribution in [3.63, 3.8) is 0 Å². The first-order valence-corrected chi connectivity index (χ1v) is 25.4. The van der Waals surface area contributed by atoms with Crippen LogP contribution in [0.25, 0.3) is 0 Å². The highest BCUT2D eigenvalue weighted by molar-refractivity contribution is 5.77. The molecule has 0 aliphatic rings. The average Bonchev–Trinajstić information content (AvgIpc) is 3.23. The summed E-state index contributed by atoms with van der Waals surface area (Å²) in [6, 6.07) is -0.707. The molecule has 6 heteroatoms. The number of aliphatic hydroxyl groups excluding tert-OH is 2. The molecule has 59 heavy (non-hydrogen) atoms. The SMILES string of the molecule is CC/C=C/C=C/C=C\CCCCCCCC(=O)OC(CCCCCCC/C=C/CCCCCCCC)CC(=O)NC(CO)C(O)CCCCCCCCCCCCCC. The summed E-state index contributed by atoms with van der Waals surface area (Å²) in [5.74, 6) is -0.501. The molecular weight excluding hydrogens is 731 g/mol. The molecule has 3 N–H and O–H groups in total. The zero-order valence-electron chi connectivity index (χ0n) is 39.1. The van der Waals surface area contributed by atoms with Crippen LogP contribution < -0.4 is 5.32 Å². The minimum Gasteiger partial charge on any atom is -0.462 e. The van der Waals surface area contributed by atoms with E-state index in [1.54, 1.807) is 0 Å². The minimum atomic E-state index is -0.792. The van der Waals surface area contributed by atoms with Gasteiger partial charge in [0.25, 0.3) is 0 Å². The van der Waals surface area contributed by atoms with Gasteiger partial charge in [-0.15, -0.1) is 0 Å². The molecule has 344 valence electrons. The van der Waals surface area contributed by atoms with E-state index in [-0.39, 0.29) is 24.9 Å². The van der Waals surface area contributed by atoms with Gasteiger partial charge < -0.3 is 20.3 Å². The summed E-state index contributed by atoms with van der Waals surface area (Å²) < 4.78 is 5.92. The number of carbonyl (C=O) groups excluding carboxylic acids is 2. The van der Waals surface area contributed by atoms with Gasteiger partial charge in [-0.1, -0.05) is 217 Å². The van der Waals surface area contributed by atoms with Gasteiger partial charge in [0.2, 0.25) is 5.91 Å². The Morgan fingerprint density at radius 2 is 0.932 bits per heavy atom. The highest BCUT2D eigenvalue weighted by atomic mass is 16.5. The van der Waals surface area contributed by atoms with Crippen molar-refractivity contribution in [1.29, 1.82) is 0 Å². The van der Waals surface area contributed by atoms with Crippen LogP contribution >= 0.6 is 0 Å². The molecular formula is C53H97NO5. The maximum absolute atomic E-state index is 13.2. The predicted octanol–water partition coefficient (Wildman–Crippen LogP) is 15.1. The molecule has 0 aromatic carbocycles. The Balaban J connectivity index is 4.62. The molecule has 0 spiro atoms. The number of unbranched alkanes of at least 4 members (excludes halogenated alkanes) is 27. The van der Waals surface area contributed by atoms with Crippen LogP contribution in [0.5, 0.6) is 0 Å². The van der Waals surface area contributed by atoms with E-state index in [0.717, 1.165) is 89.9 Å². The van der Waals surface area contributed by atoms with Crippen LogP contribution in [0.15, 0.2) is 48.6 Å². The van der Waals surface area contributed by atoms with E-state index in [9.17, 15) is 19.8 Å². The topological polar surface area (TPSA) is 95.9 Å². The van der Waals surface area contributed by atoms with Crippen LogP contribution in [0.4, 0.5) is 0 Å². The summed E-state index contributed by atoms with van der Waals surface area (Å²) in [5, 5.41) is 23.7. The van der Waals surface area contributed by atoms with Crippen LogP contribution in [0.1, 0.15) is 252 Å². The maximum atomic E-state index is 13.2. The first-order chi connectivity index (χ1) is 29.0. The number of amides is 1. The van der Waals surface area contributed by atoms with E-state index in [1.807, 2.05) is 0 Å². The molecule has 0 bridgehead atoms. The van der Waals surface area contributed by atoms with E-state index in [1.165, 1.54) is 116 Å². The van der Waals surface area contributed by atoms with Crippen molar-refractivity contribution in [2.24, 2.45) is 0 Å². The van der Waals surface area contributed by atoms with Gasteiger partial charge in [0.1, 0.15) is 6.10 Å². The predicted molar refractivity (Wildman–Crippen MR) is 255 cm³/mol. The zero-order chi connectivity index (χ0) is 43.1. The van der Waals surface area contributed by atoms with Gasteiger partial charge >= 0.3 is 5.97 Å². The Bertz CT molecular complexity index is 1020. The van der Waals surface area contributed by atoms with Gasteiger partial charge in [0, 0.05) is 6.42 Å². The van der Waals surface area contributed by atoms with E-state index in [0.29, 0.717) is 19.3 Å². The molecule has 0 aromatic rings. The lowest BCUT2D eigenvalue weighted by Crippen LogP contribution is -2.46. The Morgan fingerprint density at radius 3 is 1.42 bits per heavy atom. The monoisotopic (exact) mass is 828 g/mol. The Hall–Kier alpha value is -2.18. The number of hydrogen-bond donors (Lipinski definition) is 3. The van der Waals surface area contributed by atoms with E-state index < -0.39 is 18.2 Å². The summed E-state index contributed by atoms with van der Waals surface area (Å²) in [6.07, 6.45) is 55.9. The van der Waals surface area contributed by atoms with E-state index in [4.69, 9.17) is 4.74 Å². The highest BCUT2D eigenvalue weighted by Crippen LogP contribution is 2.18. The molecule has 0 aliphatic carbocycles. The van der Waals surface area contributed by atoms with Gasteiger partial charge in [-0.05, 0) is 70.6 Å². The van der Waals surface area contributed by atoms with Crippen LogP contribution in [0, 0.1) is 0 Å². The number of carbonyl (C=O) groups is 2. The standard InChI is InChI=1S/C53H97NO5/c1-4-7-10-13-16-19-22-25-26-28-29-32-35-38-41-44-49(59-53(58)46-43-40-37-34-31-27-23-20-17-14-11-8-5-2)47-52(57)54-50(48-55)51(56)45-42-39-36-33-30-24-21-18-15-12-9-6-3/h8,11,14,17,20,23,25-26,49-51,55-56H,4-7,9-10,12-13,15-16,18-19,21-22,24,27-48H2,1-3H3,(H,54,57)/b11-8+,17-14+,23-20-,26-25+. The summed E-state index contributed by atoms with van der Waals surface area (Å²) in [6.45, 7) is 6.34. The molecule has 0 rings (SSSR count). The lowest BCUT2D eigenvalue weighted by Gasteiger charge is -2.24. The number of nitrogens with one attached hydrogen (secondary N) is 1. The van der Waals surface area contributed by atoms with E-state index in [2.05, 4.69) is 74.7 Å². The third kappa shape index (κ3) is 42.3. The Labute approximate surface area is 366 Å². The number of hydrogen-bond acceptors (Lipinski definition) is 5. The molecule has 6 nitrogen and oxygen atoms in total. The highest BCUT2D eigenvalue weighted by Gasteiger charge is 2.24. The van der Waals surface area contributed by atoms with Crippen LogP contribution in [0.3, 0.4) is 0 Å². The fourth-order valence-electron chi connectivity index (χ4n) is 7.60. The lowest BCUT2D eigenvalue weighted by atomic mass is 10.0. The van der Waals surface area contributed by atoms with E-state index >= 15 is 0 Å². The number of rotatable bonds is 45. The molecule has 0 fully saturated rings. The number of aliphatic hydroxyl groups is 2. The summed E-state index contributed by atoms with van der Waals surface area (Å²) in [4.78, 5) is 26.1. The quantitative estimate of drug-likeness (QED) is 0.0246. The molecule has 0 saturated heterocycles. The van der Waals surface area contributed by atoms with Gasteiger partial charge in [-0.25, -0.2) is 0 Å². The molecule has 0 radical (unpaired) electrons. The number of allylic oxidation sites excluding steroid dienone is 8. The van der Waals surface area contributed by atoms with Crippen molar-refractivity contribution in [2.75, 3.05) is 6.61 Å². The largest absolute Gasteiger partial charge is 0.462 e. The second-order valence-corrected chi connectivity index (χ2v) is 17.2. The Kier molecular flexibility index (Phi) is 45.1. The van der Waals surface area contributed by atoms with Crippen molar-refractivity contribution < 1.29 is 24.5 Å². The summed E-state index contributed by atoms with van der Waals surface area (Å²) in [5.41, 5.74) is 0. The fraction of sp³-hybridized carbons (Fsp3) is 0.811. The third-order valence-electron chi connectivity index (χ3n) is 11.5. The second-order valence-electron chi connectivity index (χ2n) is 17.2. The van der Waals surface area contributed by atoms with Gasteiger partial charge in [-0.2, -0.15) is 0 Å². The summed E-state index contributed by atoms with van der Waals surface area (Å²) in [7, 11) is 0. The minimum absolute atomic E-state index is 0.0640.